The quantitative estimate of drug-likeness (QED) is 0.720. The zero-order chi connectivity index (χ0) is 23.8. The molecular formula is C15H25NO3. The molecule has 0 aliphatic carbocycles. The minimum absolute atomic E-state index is 0.0125. The Hall–Kier alpha value is -1.10. The summed E-state index contributed by atoms with van der Waals surface area (Å²) in [5.74, 6) is 0.0125. The van der Waals surface area contributed by atoms with Crippen LogP contribution in [0.15, 0.2) is 24.3 Å². The summed E-state index contributed by atoms with van der Waals surface area (Å²) in [6, 6.07) is 3.12. The number of benzene rings is 1. The first-order chi connectivity index (χ1) is 13.1. The predicted molar refractivity (Wildman–Crippen MR) is 76.7 cm³/mol. The Morgan fingerprint density at radius 2 is 2.16 bits per heavy atom. The van der Waals surface area contributed by atoms with Gasteiger partial charge < -0.3 is 19.9 Å². The van der Waals surface area contributed by atoms with Gasteiger partial charge in [-0.3, -0.25) is 0 Å². The Bertz CT molecular complexity index is 712. The second-order valence-electron chi connectivity index (χ2n) is 3.84. The van der Waals surface area contributed by atoms with Crippen molar-refractivity contribution < 1.29 is 29.7 Å². The maximum atomic E-state index is 10.1. The molecular weight excluding hydrogens is 242 g/mol. The molecule has 1 rings (SSSR count). The molecule has 0 aliphatic heterocycles. The minimum atomic E-state index is -3.17. The number of methoxy groups -OCH3 is 1. The lowest BCUT2D eigenvalue weighted by Crippen LogP contribution is -2.35. The van der Waals surface area contributed by atoms with Crippen LogP contribution in [0, 0.1) is 0 Å². The highest BCUT2D eigenvalue weighted by Gasteiger charge is 2.05. The van der Waals surface area contributed by atoms with E-state index in [1.165, 1.54) is 26.0 Å². The molecule has 0 aromatic heterocycles. The minimum Gasteiger partial charge on any atom is -0.491 e. The van der Waals surface area contributed by atoms with Crippen LogP contribution in [0.5, 0.6) is 5.75 Å². The summed E-state index contributed by atoms with van der Waals surface area (Å²) in [5.41, 5.74) is -0.252. The van der Waals surface area contributed by atoms with E-state index in [-0.39, 0.29) is 11.3 Å². The molecule has 1 unspecified atom stereocenters. The van der Waals surface area contributed by atoms with Crippen molar-refractivity contribution in [1.82, 2.24) is 5.32 Å². The molecule has 1 aromatic carbocycles. The Labute approximate surface area is 131 Å². The van der Waals surface area contributed by atoms with E-state index < -0.39 is 45.2 Å². The van der Waals surface area contributed by atoms with Crippen molar-refractivity contribution >= 4 is 0 Å². The van der Waals surface area contributed by atoms with Gasteiger partial charge in [0.1, 0.15) is 18.4 Å². The number of ether oxygens (including phenoxy) is 2. The van der Waals surface area contributed by atoms with E-state index in [9.17, 15) is 5.11 Å². The van der Waals surface area contributed by atoms with Crippen LogP contribution in [0.25, 0.3) is 0 Å². The maximum absolute atomic E-state index is 10.1. The van der Waals surface area contributed by atoms with Gasteiger partial charge in [-0.1, -0.05) is 26.0 Å². The fraction of sp³-hybridized carbons (Fsp3) is 0.600. The van der Waals surface area contributed by atoms with Gasteiger partial charge >= 0.3 is 0 Å². The molecule has 0 amide bonds. The molecule has 1 atom stereocenters. The molecule has 0 saturated carbocycles. The molecule has 2 N–H and O–H groups in total. The highest BCUT2D eigenvalue weighted by Crippen LogP contribution is 2.12. The third-order valence-corrected chi connectivity index (χ3v) is 1.93. The van der Waals surface area contributed by atoms with Gasteiger partial charge in [0.25, 0.3) is 0 Å². The predicted octanol–water partition coefficient (Wildman–Crippen LogP) is 1.61. The van der Waals surface area contributed by atoms with Crippen molar-refractivity contribution in [2.45, 2.75) is 32.3 Å². The number of aliphatic hydroxyl groups is 1. The van der Waals surface area contributed by atoms with E-state index in [4.69, 9.17) is 19.8 Å². The van der Waals surface area contributed by atoms with Crippen molar-refractivity contribution in [3.63, 3.8) is 0 Å². The van der Waals surface area contributed by atoms with E-state index in [1.54, 1.807) is 0 Å². The number of rotatable bonds is 9. The summed E-state index contributed by atoms with van der Waals surface area (Å²) >= 11 is 0. The molecule has 4 nitrogen and oxygen atoms in total. The van der Waals surface area contributed by atoms with Gasteiger partial charge in [-0.05, 0) is 24.1 Å². The van der Waals surface area contributed by atoms with Crippen LogP contribution >= 0.6 is 0 Å². The Morgan fingerprint density at radius 1 is 1.42 bits per heavy atom. The van der Waals surface area contributed by atoms with E-state index in [1.807, 2.05) is 0 Å². The zero-order valence-corrected chi connectivity index (χ0v) is 10.8. The fourth-order valence-electron chi connectivity index (χ4n) is 1.10. The van der Waals surface area contributed by atoms with Crippen molar-refractivity contribution in [3.8, 4) is 5.75 Å². The van der Waals surface area contributed by atoms with E-state index in [2.05, 4.69) is 10.1 Å². The standard InChI is InChI=1S/C15H25NO3/c1-12(2)16-10-14(17)11-19-15-6-4-13(5-7-15)8-9-18-3/h4-7,12,14,16-17H,8-11H2,1-3H3/i3D3,8D2,9D2,10D2,12D,14D. The largest absolute Gasteiger partial charge is 0.491 e. The van der Waals surface area contributed by atoms with Gasteiger partial charge in [0.15, 0.2) is 0 Å². The van der Waals surface area contributed by atoms with Gasteiger partial charge in [0.2, 0.25) is 0 Å². The lowest BCUT2D eigenvalue weighted by molar-refractivity contribution is 0.104. The molecule has 19 heavy (non-hydrogen) atoms. The van der Waals surface area contributed by atoms with Crippen LogP contribution in [0.1, 0.15) is 34.5 Å². The first-order valence-electron chi connectivity index (χ1n) is 11.0. The summed E-state index contributed by atoms with van der Waals surface area (Å²) in [6.45, 7) is -4.03. The highest BCUT2D eigenvalue weighted by molar-refractivity contribution is 5.27. The monoisotopic (exact) mass is 278 g/mol. The zero-order valence-electron chi connectivity index (χ0n) is 21.8. The molecule has 0 radical (unpaired) electrons. The molecule has 4 heteroatoms. The van der Waals surface area contributed by atoms with Crippen molar-refractivity contribution in [1.29, 1.82) is 0 Å². The number of hydrogen-bond acceptors (Lipinski definition) is 4. The summed E-state index contributed by atoms with van der Waals surface area (Å²) in [4.78, 5) is 0. The average molecular weight is 278 g/mol. The van der Waals surface area contributed by atoms with Crippen molar-refractivity contribution in [2.24, 2.45) is 0 Å². The second-order valence-corrected chi connectivity index (χ2v) is 3.84. The van der Waals surface area contributed by atoms with Gasteiger partial charge in [-0.15, -0.1) is 0 Å². The Balaban J connectivity index is 2.93. The highest BCUT2D eigenvalue weighted by atomic mass is 16.5. The van der Waals surface area contributed by atoms with Crippen LogP contribution in [-0.2, 0) is 11.1 Å². The topological polar surface area (TPSA) is 50.7 Å². The molecule has 0 spiro atoms. The molecule has 1 aromatic rings. The van der Waals surface area contributed by atoms with Gasteiger partial charge in [-0.2, -0.15) is 0 Å². The summed E-state index contributed by atoms with van der Waals surface area (Å²) in [7, 11) is -3.15. The maximum Gasteiger partial charge on any atom is 0.119 e. The van der Waals surface area contributed by atoms with Gasteiger partial charge in [0, 0.05) is 26.4 Å². The van der Waals surface area contributed by atoms with Crippen LogP contribution < -0.4 is 10.1 Å². The normalized spacial score (nSPS) is 26.4. The molecule has 0 aliphatic rings. The molecule has 0 saturated heterocycles. The summed E-state index contributed by atoms with van der Waals surface area (Å²) < 4.78 is 92.5. The van der Waals surface area contributed by atoms with Crippen LogP contribution in [0.3, 0.4) is 0 Å². The third kappa shape index (κ3) is 7.15. The Morgan fingerprint density at radius 3 is 2.79 bits per heavy atom. The molecule has 0 heterocycles. The molecule has 0 fully saturated rings. The number of aryl methyl sites for hydroxylation is 1. The molecule has 108 valence electrons. The van der Waals surface area contributed by atoms with Gasteiger partial charge in [0.05, 0.1) is 14.8 Å². The second kappa shape index (κ2) is 8.91. The lowest BCUT2D eigenvalue weighted by atomic mass is 10.1. The Kier molecular flexibility index (Phi) is 2.87. The van der Waals surface area contributed by atoms with E-state index in [0.29, 0.717) is 0 Å². The number of nitrogens with one attached hydrogen (secondary N) is 1. The van der Waals surface area contributed by atoms with Crippen LogP contribution in [0.2, 0.25) is 0 Å². The molecule has 0 bridgehead atoms. The smallest absolute Gasteiger partial charge is 0.119 e. The van der Waals surface area contributed by atoms with E-state index >= 15 is 0 Å². The number of hydrogen-bond donors (Lipinski definition) is 2. The third-order valence-electron chi connectivity index (χ3n) is 1.93. The fourth-order valence-corrected chi connectivity index (χ4v) is 1.10. The van der Waals surface area contributed by atoms with E-state index in [0.717, 1.165) is 12.1 Å². The summed E-state index contributed by atoms with van der Waals surface area (Å²) in [6.07, 6.45) is -5.61. The first kappa shape index (κ1) is 6.12. The van der Waals surface area contributed by atoms with Gasteiger partial charge in [-0.25, -0.2) is 0 Å². The average Bonchev–Trinajstić information content (AvgIpc) is 2.48. The lowest BCUT2D eigenvalue weighted by Gasteiger charge is -2.15. The first-order valence-corrected chi connectivity index (χ1v) is 5.55. The SMILES string of the molecule is [2H]C(C)(C)NC([2H])([2H])C([2H])(O)COc1ccc(C([2H])([2H])C([2H])([2H])OC([2H])([2H])[2H])cc1. The summed E-state index contributed by atoms with van der Waals surface area (Å²) in [5, 5.41) is 12.3. The van der Waals surface area contributed by atoms with Crippen LogP contribution in [0.4, 0.5) is 0 Å². The van der Waals surface area contributed by atoms with Crippen LogP contribution in [-0.4, -0.2) is 43.9 Å². The van der Waals surface area contributed by atoms with Crippen molar-refractivity contribution in [3.05, 3.63) is 29.8 Å². The van der Waals surface area contributed by atoms with Crippen molar-refractivity contribution in [2.75, 3.05) is 26.7 Å².